The van der Waals surface area contributed by atoms with Crippen LogP contribution in [0.2, 0.25) is 0 Å². The molecule has 0 unspecified atom stereocenters. The molecule has 0 aliphatic carbocycles. The van der Waals surface area contributed by atoms with Crippen LogP contribution in [0.15, 0.2) is 0 Å². The zero-order valence-electron chi connectivity index (χ0n) is 7.27. The molecule has 11 heavy (non-hydrogen) atoms. The summed E-state index contributed by atoms with van der Waals surface area (Å²) in [6.07, 6.45) is 0. The molecule has 0 bridgehead atoms. The molecule has 0 amide bonds. The lowest BCUT2D eigenvalue weighted by Crippen LogP contribution is -1.93. The highest BCUT2D eigenvalue weighted by Crippen LogP contribution is 2.03. The second kappa shape index (κ2) is 3.53. The fraction of sp³-hybridized carbons (Fsp3) is 0.625. The van der Waals surface area contributed by atoms with Gasteiger partial charge in [0.1, 0.15) is 12.4 Å². The third-order valence-corrected chi connectivity index (χ3v) is 1.62. The van der Waals surface area contributed by atoms with Crippen molar-refractivity contribution in [3.63, 3.8) is 0 Å². The second-order valence-electron chi connectivity index (χ2n) is 2.53. The highest BCUT2D eigenvalue weighted by molar-refractivity contribution is 5.10. The highest BCUT2D eigenvalue weighted by Gasteiger charge is 2.00. The third-order valence-electron chi connectivity index (χ3n) is 1.62. The number of hydrogen-bond donors (Lipinski definition) is 1. The molecule has 0 aliphatic heterocycles. The van der Waals surface area contributed by atoms with Crippen molar-refractivity contribution in [1.82, 2.24) is 9.97 Å². The smallest absolute Gasteiger partial charge is 0.132 e. The van der Waals surface area contributed by atoms with E-state index in [1.54, 1.807) is 0 Å². The number of aromatic nitrogens is 2. The molecule has 0 radical (unpaired) electrons. The maximum Gasteiger partial charge on any atom is 0.132 e. The van der Waals surface area contributed by atoms with E-state index >= 15 is 0 Å². The van der Waals surface area contributed by atoms with E-state index in [2.05, 4.69) is 9.97 Å². The fourth-order valence-corrected chi connectivity index (χ4v) is 0.888. The topological polar surface area (TPSA) is 37.9 Å². The van der Waals surface area contributed by atoms with Crippen LogP contribution in [0, 0.1) is 13.8 Å². The number of ether oxygens (including phenoxy) is 1. The van der Waals surface area contributed by atoms with E-state index in [1.165, 1.54) is 0 Å². The monoisotopic (exact) mass is 154 g/mol. The molecule has 3 heteroatoms. The van der Waals surface area contributed by atoms with Crippen molar-refractivity contribution < 1.29 is 4.74 Å². The Hall–Kier alpha value is -0.830. The summed E-state index contributed by atoms with van der Waals surface area (Å²) in [6.45, 7) is 7.30. The van der Waals surface area contributed by atoms with Crippen molar-refractivity contribution in [2.75, 3.05) is 6.61 Å². The maximum atomic E-state index is 5.19. The largest absolute Gasteiger partial charge is 0.374 e. The van der Waals surface area contributed by atoms with Crippen LogP contribution in [-0.4, -0.2) is 16.6 Å². The first-order valence-corrected chi connectivity index (χ1v) is 3.84. The molecule has 0 saturated heterocycles. The van der Waals surface area contributed by atoms with Gasteiger partial charge in [-0.25, -0.2) is 4.98 Å². The molecule has 1 N–H and O–H groups in total. The Bertz CT molecular complexity index is 210. The first kappa shape index (κ1) is 8.27. The van der Waals surface area contributed by atoms with Crippen LogP contribution in [0.1, 0.15) is 24.1 Å². The molecule has 0 fully saturated rings. The summed E-state index contributed by atoms with van der Waals surface area (Å²) in [5, 5.41) is 0. The predicted molar refractivity (Wildman–Crippen MR) is 43.4 cm³/mol. The van der Waals surface area contributed by atoms with Crippen molar-refractivity contribution in [3.8, 4) is 0 Å². The fourth-order valence-electron chi connectivity index (χ4n) is 0.888. The molecule has 1 aromatic heterocycles. The van der Waals surface area contributed by atoms with E-state index < -0.39 is 0 Å². The number of H-pyrrole nitrogens is 1. The molecule has 1 heterocycles. The zero-order valence-corrected chi connectivity index (χ0v) is 7.27. The Balaban J connectivity index is 2.58. The Morgan fingerprint density at radius 1 is 1.45 bits per heavy atom. The van der Waals surface area contributed by atoms with Gasteiger partial charge in [0.15, 0.2) is 0 Å². The van der Waals surface area contributed by atoms with Crippen LogP contribution in [0.5, 0.6) is 0 Å². The minimum absolute atomic E-state index is 0.588. The number of rotatable bonds is 3. The van der Waals surface area contributed by atoms with Gasteiger partial charge in [0.05, 0.1) is 5.69 Å². The lowest BCUT2D eigenvalue weighted by atomic mass is 10.4. The van der Waals surface area contributed by atoms with E-state index in [0.29, 0.717) is 6.61 Å². The van der Waals surface area contributed by atoms with Crippen LogP contribution in [0.3, 0.4) is 0 Å². The molecular formula is C8H14N2O. The SMILES string of the molecule is CCOCc1nc(C)c(C)[nH]1. The molecule has 0 aliphatic rings. The van der Waals surface area contributed by atoms with E-state index in [0.717, 1.165) is 23.8 Å². The molecular weight excluding hydrogens is 140 g/mol. The molecule has 3 nitrogen and oxygen atoms in total. The van der Waals surface area contributed by atoms with Gasteiger partial charge in [0, 0.05) is 12.3 Å². The number of aryl methyl sites for hydroxylation is 2. The van der Waals surface area contributed by atoms with Gasteiger partial charge < -0.3 is 9.72 Å². The number of aromatic amines is 1. The summed E-state index contributed by atoms with van der Waals surface area (Å²) < 4.78 is 5.19. The van der Waals surface area contributed by atoms with Crippen molar-refractivity contribution in [2.24, 2.45) is 0 Å². The van der Waals surface area contributed by atoms with Crippen LogP contribution in [-0.2, 0) is 11.3 Å². The van der Waals surface area contributed by atoms with Crippen LogP contribution in [0.25, 0.3) is 0 Å². The van der Waals surface area contributed by atoms with Crippen LogP contribution in [0.4, 0.5) is 0 Å². The predicted octanol–water partition coefficient (Wildman–Crippen LogP) is 1.56. The van der Waals surface area contributed by atoms with Gasteiger partial charge in [0.2, 0.25) is 0 Å². The van der Waals surface area contributed by atoms with Crippen molar-refractivity contribution in [2.45, 2.75) is 27.4 Å². The van der Waals surface area contributed by atoms with Gasteiger partial charge in [-0.05, 0) is 20.8 Å². The van der Waals surface area contributed by atoms with E-state index in [-0.39, 0.29) is 0 Å². The number of nitrogens with one attached hydrogen (secondary N) is 1. The molecule has 0 spiro atoms. The average molecular weight is 154 g/mol. The molecule has 62 valence electrons. The van der Waals surface area contributed by atoms with Crippen molar-refractivity contribution in [1.29, 1.82) is 0 Å². The Morgan fingerprint density at radius 2 is 2.18 bits per heavy atom. The molecule has 1 aromatic rings. The number of hydrogen-bond acceptors (Lipinski definition) is 2. The van der Waals surface area contributed by atoms with E-state index in [1.807, 2.05) is 20.8 Å². The average Bonchev–Trinajstić information content (AvgIpc) is 2.28. The summed E-state index contributed by atoms with van der Waals surface area (Å²) in [6, 6.07) is 0. The third kappa shape index (κ3) is 2.05. The van der Waals surface area contributed by atoms with Gasteiger partial charge >= 0.3 is 0 Å². The summed E-state index contributed by atoms with van der Waals surface area (Å²) in [7, 11) is 0. The molecule has 0 saturated carbocycles. The minimum atomic E-state index is 0.588. The Labute approximate surface area is 66.8 Å². The summed E-state index contributed by atoms with van der Waals surface area (Å²) in [4.78, 5) is 7.41. The molecule has 0 atom stereocenters. The lowest BCUT2D eigenvalue weighted by Gasteiger charge is -1.94. The second-order valence-corrected chi connectivity index (χ2v) is 2.53. The van der Waals surface area contributed by atoms with Gasteiger partial charge in [-0.15, -0.1) is 0 Å². The lowest BCUT2D eigenvalue weighted by molar-refractivity contribution is 0.129. The highest BCUT2D eigenvalue weighted by atomic mass is 16.5. The van der Waals surface area contributed by atoms with Gasteiger partial charge in [-0.3, -0.25) is 0 Å². The quantitative estimate of drug-likeness (QED) is 0.717. The molecule has 1 rings (SSSR count). The van der Waals surface area contributed by atoms with Crippen molar-refractivity contribution in [3.05, 3.63) is 17.2 Å². The van der Waals surface area contributed by atoms with Gasteiger partial charge in [-0.1, -0.05) is 0 Å². The Morgan fingerprint density at radius 3 is 2.64 bits per heavy atom. The van der Waals surface area contributed by atoms with Gasteiger partial charge in [0.25, 0.3) is 0 Å². The summed E-state index contributed by atoms with van der Waals surface area (Å²) in [5.41, 5.74) is 2.18. The zero-order chi connectivity index (χ0) is 8.27. The summed E-state index contributed by atoms with van der Waals surface area (Å²) >= 11 is 0. The van der Waals surface area contributed by atoms with Crippen LogP contribution < -0.4 is 0 Å². The summed E-state index contributed by atoms with van der Waals surface area (Å²) in [5.74, 6) is 0.918. The first-order chi connectivity index (χ1) is 5.24. The maximum absolute atomic E-state index is 5.19. The first-order valence-electron chi connectivity index (χ1n) is 3.84. The molecule has 0 aromatic carbocycles. The van der Waals surface area contributed by atoms with E-state index in [4.69, 9.17) is 4.74 Å². The standard InChI is InChI=1S/C8H14N2O/c1-4-11-5-8-9-6(2)7(3)10-8/h4-5H2,1-3H3,(H,9,10). The minimum Gasteiger partial charge on any atom is -0.374 e. The van der Waals surface area contributed by atoms with Crippen LogP contribution >= 0.6 is 0 Å². The van der Waals surface area contributed by atoms with Gasteiger partial charge in [-0.2, -0.15) is 0 Å². The van der Waals surface area contributed by atoms with E-state index in [9.17, 15) is 0 Å². The normalized spacial score (nSPS) is 10.5. The Kier molecular flexibility index (Phi) is 2.65. The number of nitrogens with zero attached hydrogens (tertiary/aromatic N) is 1. The number of imidazole rings is 1. The van der Waals surface area contributed by atoms with Crippen molar-refractivity contribution >= 4 is 0 Å².